The molecule has 4 saturated carbocycles. The lowest BCUT2D eigenvalue weighted by molar-refractivity contribution is -0.174. The number of hydrogen-bond acceptors (Lipinski definition) is 2. The van der Waals surface area contributed by atoms with Gasteiger partial charge in [0.1, 0.15) is 0 Å². The van der Waals surface area contributed by atoms with Gasteiger partial charge in [-0.3, -0.25) is 4.79 Å². The lowest BCUT2D eigenvalue weighted by atomic mass is 9.47. The Bertz CT molecular complexity index is 628. The summed E-state index contributed by atoms with van der Waals surface area (Å²) in [5.41, 5.74) is 0.836. The van der Waals surface area contributed by atoms with Crippen LogP contribution in [0, 0.1) is 24.2 Å². The molecular weight excluding hydrogens is 298 g/mol. The molecule has 0 spiro atoms. The molecule has 4 heteroatoms. The molecule has 3 nitrogen and oxygen atoms in total. The third-order valence-corrected chi connectivity index (χ3v) is 6.18. The maximum absolute atomic E-state index is 13.0. The summed E-state index contributed by atoms with van der Waals surface area (Å²) in [7, 11) is 0. The first-order valence-electron chi connectivity index (χ1n) is 8.18. The zero-order valence-electron chi connectivity index (χ0n) is 12.9. The Hall–Kier alpha value is -1.06. The van der Waals surface area contributed by atoms with Gasteiger partial charge in [0, 0.05) is 10.7 Å². The van der Waals surface area contributed by atoms with E-state index in [4.69, 9.17) is 11.6 Å². The summed E-state index contributed by atoms with van der Waals surface area (Å²) in [6, 6.07) is 5.53. The molecule has 4 aliphatic carbocycles. The van der Waals surface area contributed by atoms with E-state index in [1.54, 1.807) is 6.07 Å². The van der Waals surface area contributed by atoms with E-state index in [-0.39, 0.29) is 11.3 Å². The van der Waals surface area contributed by atoms with Crippen molar-refractivity contribution in [1.82, 2.24) is 0 Å². The largest absolute Gasteiger partial charge is 0.390 e. The van der Waals surface area contributed by atoms with Crippen LogP contribution in [0.25, 0.3) is 0 Å². The number of rotatable bonds is 2. The Morgan fingerprint density at radius 2 is 1.95 bits per heavy atom. The van der Waals surface area contributed by atoms with Gasteiger partial charge in [-0.25, -0.2) is 0 Å². The van der Waals surface area contributed by atoms with Crippen LogP contribution in [-0.4, -0.2) is 16.6 Å². The molecule has 2 N–H and O–H groups in total. The number of halogens is 1. The highest BCUT2D eigenvalue weighted by Gasteiger charge is 2.60. The van der Waals surface area contributed by atoms with Gasteiger partial charge in [0.05, 0.1) is 11.0 Å². The zero-order chi connectivity index (χ0) is 15.5. The molecule has 1 aromatic carbocycles. The minimum absolute atomic E-state index is 0.0884. The number of amides is 1. The molecule has 118 valence electrons. The minimum atomic E-state index is -0.601. The number of nitrogens with one attached hydrogen (secondary N) is 1. The van der Waals surface area contributed by atoms with Gasteiger partial charge in [-0.05, 0) is 81.0 Å². The lowest BCUT2D eigenvalue weighted by Gasteiger charge is -2.59. The fraction of sp³-hybridized carbons (Fsp3) is 0.611. The number of carbonyl (C=O) groups is 1. The minimum Gasteiger partial charge on any atom is -0.390 e. The van der Waals surface area contributed by atoms with Crippen LogP contribution in [0.2, 0.25) is 5.02 Å². The standard InChI is InChI=1S/C18H22ClNO2/c1-11-4-14(19)2-3-15(11)20-16(21)17-6-12-5-13(7-17)9-18(22,8-12)10-17/h2-4,12-13,22H,5-10H2,1H3,(H,20,21)/t12-,13+,17?,18?. The molecule has 4 fully saturated rings. The zero-order valence-corrected chi connectivity index (χ0v) is 13.6. The number of aryl methyl sites for hydroxylation is 1. The Morgan fingerprint density at radius 3 is 2.55 bits per heavy atom. The van der Waals surface area contributed by atoms with Gasteiger partial charge in [-0.2, -0.15) is 0 Å². The van der Waals surface area contributed by atoms with E-state index in [1.807, 2.05) is 19.1 Å². The van der Waals surface area contributed by atoms with E-state index in [0.717, 1.165) is 36.9 Å². The Balaban J connectivity index is 1.60. The van der Waals surface area contributed by atoms with E-state index < -0.39 is 5.60 Å². The fourth-order valence-corrected chi connectivity index (χ4v) is 5.73. The van der Waals surface area contributed by atoms with Crippen molar-refractivity contribution in [3.8, 4) is 0 Å². The summed E-state index contributed by atoms with van der Waals surface area (Å²) < 4.78 is 0. The van der Waals surface area contributed by atoms with Gasteiger partial charge >= 0.3 is 0 Å². The topological polar surface area (TPSA) is 49.3 Å². The quantitative estimate of drug-likeness (QED) is 0.868. The van der Waals surface area contributed by atoms with Crippen LogP contribution >= 0.6 is 11.6 Å². The monoisotopic (exact) mass is 319 g/mol. The highest BCUT2D eigenvalue weighted by atomic mass is 35.5. The summed E-state index contributed by atoms with van der Waals surface area (Å²) >= 11 is 5.98. The van der Waals surface area contributed by atoms with Gasteiger partial charge in [0.2, 0.25) is 5.91 Å². The van der Waals surface area contributed by atoms with Crippen LogP contribution in [0.4, 0.5) is 5.69 Å². The van der Waals surface area contributed by atoms with Crippen molar-refractivity contribution in [3.05, 3.63) is 28.8 Å². The number of hydrogen-bond donors (Lipinski definition) is 2. The molecule has 0 radical (unpaired) electrons. The molecule has 0 heterocycles. The molecule has 0 aliphatic heterocycles. The Labute approximate surface area is 136 Å². The van der Waals surface area contributed by atoms with Gasteiger partial charge in [-0.1, -0.05) is 11.6 Å². The van der Waals surface area contributed by atoms with Crippen LogP contribution in [0.3, 0.4) is 0 Å². The average Bonchev–Trinajstić information content (AvgIpc) is 2.39. The second-order valence-electron chi connectivity index (χ2n) is 7.88. The van der Waals surface area contributed by atoms with Crippen molar-refractivity contribution in [2.75, 3.05) is 5.32 Å². The van der Waals surface area contributed by atoms with Crippen LogP contribution in [0.15, 0.2) is 18.2 Å². The van der Waals surface area contributed by atoms with Crippen molar-refractivity contribution in [3.63, 3.8) is 0 Å². The molecule has 1 aromatic rings. The fourth-order valence-electron chi connectivity index (χ4n) is 5.50. The molecule has 4 bridgehead atoms. The molecule has 4 atom stereocenters. The van der Waals surface area contributed by atoms with E-state index in [9.17, 15) is 9.90 Å². The Kier molecular flexibility index (Phi) is 3.11. The van der Waals surface area contributed by atoms with Crippen molar-refractivity contribution in [2.24, 2.45) is 17.3 Å². The molecule has 0 saturated heterocycles. The highest BCUT2D eigenvalue weighted by Crippen LogP contribution is 2.61. The summed E-state index contributed by atoms with van der Waals surface area (Å²) in [5, 5.41) is 14.6. The number of aliphatic hydroxyl groups is 1. The summed E-state index contributed by atoms with van der Waals surface area (Å²) in [5.74, 6) is 1.12. The van der Waals surface area contributed by atoms with Crippen LogP contribution in [0.1, 0.15) is 44.1 Å². The highest BCUT2D eigenvalue weighted by molar-refractivity contribution is 6.30. The van der Waals surface area contributed by atoms with E-state index in [1.165, 1.54) is 6.42 Å². The third kappa shape index (κ3) is 2.26. The maximum atomic E-state index is 13.0. The van der Waals surface area contributed by atoms with E-state index in [2.05, 4.69) is 5.32 Å². The van der Waals surface area contributed by atoms with Gasteiger partial charge in [-0.15, -0.1) is 0 Å². The first-order chi connectivity index (χ1) is 10.4. The molecular formula is C18H22ClNO2. The molecule has 0 aromatic heterocycles. The van der Waals surface area contributed by atoms with Crippen molar-refractivity contribution >= 4 is 23.2 Å². The number of carbonyl (C=O) groups excluding carboxylic acids is 1. The lowest BCUT2D eigenvalue weighted by Crippen LogP contribution is -2.59. The van der Waals surface area contributed by atoms with Crippen LogP contribution in [-0.2, 0) is 4.79 Å². The third-order valence-electron chi connectivity index (χ3n) is 5.95. The summed E-state index contributed by atoms with van der Waals surface area (Å²) in [4.78, 5) is 13.0. The van der Waals surface area contributed by atoms with Crippen molar-refractivity contribution in [2.45, 2.75) is 51.0 Å². The summed E-state index contributed by atoms with van der Waals surface area (Å²) in [6.07, 6.45) is 5.47. The van der Waals surface area contributed by atoms with Crippen molar-refractivity contribution in [1.29, 1.82) is 0 Å². The van der Waals surface area contributed by atoms with Crippen molar-refractivity contribution < 1.29 is 9.90 Å². The predicted octanol–water partition coefficient (Wildman–Crippen LogP) is 3.92. The average molecular weight is 320 g/mol. The van der Waals surface area contributed by atoms with Crippen LogP contribution in [0.5, 0.6) is 0 Å². The first kappa shape index (κ1) is 14.5. The first-order valence-corrected chi connectivity index (χ1v) is 8.55. The molecule has 1 amide bonds. The molecule has 4 aliphatic rings. The van der Waals surface area contributed by atoms with Crippen LogP contribution < -0.4 is 5.32 Å². The molecule has 2 unspecified atom stereocenters. The smallest absolute Gasteiger partial charge is 0.230 e. The number of anilines is 1. The maximum Gasteiger partial charge on any atom is 0.230 e. The van der Waals surface area contributed by atoms with Gasteiger partial charge < -0.3 is 10.4 Å². The van der Waals surface area contributed by atoms with Gasteiger partial charge in [0.25, 0.3) is 0 Å². The number of benzene rings is 1. The second kappa shape index (κ2) is 4.72. The van der Waals surface area contributed by atoms with E-state index in [0.29, 0.717) is 23.3 Å². The normalized spacial score (nSPS) is 39.0. The SMILES string of the molecule is Cc1cc(Cl)ccc1NC(=O)C12C[C@@H]3C[C@@H](CC(O)(C3)C1)C2. The summed E-state index contributed by atoms with van der Waals surface area (Å²) in [6.45, 7) is 1.95. The molecule has 22 heavy (non-hydrogen) atoms. The van der Waals surface area contributed by atoms with E-state index >= 15 is 0 Å². The second-order valence-corrected chi connectivity index (χ2v) is 8.32. The van der Waals surface area contributed by atoms with Gasteiger partial charge in [0.15, 0.2) is 0 Å². The molecule has 5 rings (SSSR count). The predicted molar refractivity (Wildman–Crippen MR) is 86.9 cm³/mol. The Morgan fingerprint density at radius 1 is 1.27 bits per heavy atom.